The van der Waals surface area contributed by atoms with Crippen LogP contribution in [-0.2, 0) is 9.53 Å². The Morgan fingerprint density at radius 3 is 2.71 bits per heavy atom. The Labute approximate surface area is 124 Å². The number of carbonyl (C=O) groups is 1. The zero-order valence-electron chi connectivity index (χ0n) is 12.7. The van der Waals surface area contributed by atoms with E-state index < -0.39 is 5.97 Å². The number of aliphatic imine (C=N–C) groups is 1. The number of carbonyl (C=O) groups excluding carboxylic acids is 1. The Morgan fingerprint density at radius 2 is 2.14 bits per heavy atom. The van der Waals surface area contributed by atoms with Crippen molar-refractivity contribution in [3.63, 3.8) is 0 Å². The molecule has 1 aromatic carbocycles. The van der Waals surface area contributed by atoms with E-state index in [1.165, 1.54) is 13.2 Å². The highest BCUT2D eigenvalue weighted by atomic mass is 16.6. The Morgan fingerprint density at radius 1 is 1.43 bits per heavy atom. The normalized spacial score (nSPS) is 11.6. The molecule has 0 aromatic heterocycles. The number of hydrogen-bond donors (Lipinski definition) is 1. The average molecular weight is 292 g/mol. The molecule has 0 saturated carbocycles. The molecule has 6 nitrogen and oxygen atoms in total. The smallest absolute Gasteiger partial charge is 0.373 e. The van der Waals surface area contributed by atoms with Crippen LogP contribution in [0, 0.1) is 6.92 Å². The number of benzene rings is 1. The van der Waals surface area contributed by atoms with Crippen molar-refractivity contribution >= 4 is 18.0 Å². The molecule has 1 aromatic rings. The van der Waals surface area contributed by atoms with Crippen LogP contribution in [0.15, 0.2) is 35.0 Å². The molecular weight excluding hydrogens is 272 g/mol. The van der Waals surface area contributed by atoms with Crippen molar-refractivity contribution in [3.8, 4) is 5.75 Å². The van der Waals surface area contributed by atoms with Gasteiger partial charge < -0.3 is 19.5 Å². The van der Waals surface area contributed by atoms with Gasteiger partial charge in [-0.15, -0.1) is 0 Å². The molecule has 0 unspecified atom stereocenters. The van der Waals surface area contributed by atoms with Gasteiger partial charge in [0.1, 0.15) is 5.75 Å². The highest BCUT2D eigenvalue weighted by Crippen LogP contribution is 2.26. The van der Waals surface area contributed by atoms with Crippen LogP contribution in [0.25, 0.3) is 0 Å². The van der Waals surface area contributed by atoms with E-state index in [0.29, 0.717) is 11.4 Å². The summed E-state index contributed by atoms with van der Waals surface area (Å²) >= 11 is 0. The van der Waals surface area contributed by atoms with Gasteiger partial charge in [-0.3, -0.25) is 0 Å². The fourth-order valence-electron chi connectivity index (χ4n) is 1.43. The molecule has 1 N–H and O–H groups in total. The van der Waals surface area contributed by atoms with E-state index in [2.05, 4.69) is 9.73 Å². The molecule has 0 atom stereocenters. The highest BCUT2D eigenvalue weighted by Gasteiger charge is 2.13. The molecule has 0 aliphatic carbocycles. The largest absolute Gasteiger partial charge is 0.463 e. The molecule has 0 aliphatic rings. The molecule has 1 rings (SSSR count). The second-order valence-corrected chi connectivity index (χ2v) is 4.50. The summed E-state index contributed by atoms with van der Waals surface area (Å²) in [6.45, 7) is 1.53. The summed E-state index contributed by atoms with van der Waals surface area (Å²) in [6.07, 6.45) is 2.92. The summed E-state index contributed by atoms with van der Waals surface area (Å²) in [5.41, 5.74) is 1.53. The molecule has 0 aliphatic heterocycles. The molecular formula is C15H20N2O4. The SMILES string of the molecule is COC(=O)/C(=C/CO)Oc1cc(N=CN(C)C)ccc1C. The Bertz CT molecular complexity index is 551. The lowest BCUT2D eigenvalue weighted by Gasteiger charge is -2.11. The Hall–Kier alpha value is -2.34. The standard InChI is InChI=1S/C15H20N2O4/c1-11-5-6-12(16-10-17(2)3)9-14(11)21-13(7-8-18)15(19)20-4/h5-7,9-10,18H,8H2,1-4H3/b13-7-,16-10?. The van der Waals surface area contributed by atoms with Gasteiger partial charge in [-0.25, -0.2) is 9.79 Å². The first kappa shape index (κ1) is 16.7. The Balaban J connectivity index is 3.03. The maximum atomic E-state index is 11.6. The molecule has 0 bridgehead atoms. The first-order valence-corrected chi connectivity index (χ1v) is 6.36. The molecule has 0 saturated heterocycles. The maximum Gasteiger partial charge on any atom is 0.373 e. The second kappa shape index (κ2) is 8.06. The first-order chi connectivity index (χ1) is 9.97. The molecule has 0 amide bonds. The van der Waals surface area contributed by atoms with E-state index >= 15 is 0 Å². The fourth-order valence-corrected chi connectivity index (χ4v) is 1.43. The van der Waals surface area contributed by atoms with E-state index in [-0.39, 0.29) is 12.4 Å². The molecule has 21 heavy (non-hydrogen) atoms. The predicted octanol–water partition coefficient (Wildman–Crippen LogP) is 1.64. The third kappa shape index (κ3) is 5.27. The van der Waals surface area contributed by atoms with Crippen LogP contribution in [0.2, 0.25) is 0 Å². The maximum absolute atomic E-state index is 11.6. The first-order valence-electron chi connectivity index (χ1n) is 6.36. The number of aryl methyl sites for hydroxylation is 1. The number of hydrogen-bond acceptors (Lipinski definition) is 5. The van der Waals surface area contributed by atoms with Crippen molar-refractivity contribution in [1.29, 1.82) is 0 Å². The minimum absolute atomic E-state index is 0.0585. The fraction of sp³-hybridized carbons (Fsp3) is 0.333. The lowest BCUT2D eigenvalue weighted by Crippen LogP contribution is -2.12. The van der Waals surface area contributed by atoms with Crippen LogP contribution in [0.3, 0.4) is 0 Å². The van der Waals surface area contributed by atoms with Crippen LogP contribution in [0.4, 0.5) is 5.69 Å². The number of nitrogens with zero attached hydrogens (tertiary/aromatic N) is 2. The average Bonchev–Trinajstić information content (AvgIpc) is 2.46. The minimum atomic E-state index is -0.648. The van der Waals surface area contributed by atoms with Gasteiger partial charge in [0.15, 0.2) is 0 Å². The van der Waals surface area contributed by atoms with E-state index in [0.717, 1.165) is 5.56 Å². The minimum Gasteiger partial charge on any atom is -0.463 e. The van der Waals surface area contributed by atoms with Gasteiger partial charge in [-0.1, -0.05) is 6.07 Å². The number of ether oxygens (including phenoxy) is 2. The van der Waals surface area contributed by atoms with Crippen LogP contribution in [-0.4, -0.2) is 50.1 Å². The van der Waals surface area contributed by atoms with Gasteiger partial charge in [-0.05, 0) is 24.6 Å². The third-order valence-electron chi connectivity index (χ3n) is 2.49. The summed E-state index contributed by atoms with van der Waals surface area (Å²) in [4.78, 5) is 17.6. The lowest BCUT2D eigenvalue weighted by molar-refractivity contribution is -0.138. The third-order valence-corrected chi connectivity index (χ3v) is 2.49. The van der Waals surface area contributed by atoms with Gasteiger partial charge in [-0.2, -0.15) is 0 Å². The van der Waals surface area contributed by atoms with Gasteiger partial charge >= 0.3 is 5.97 Å². The van der Waals surface area contributed by atoms with E-state index in [4.69, 9.17) is 9.84 Å². The van der Waals surface area contributed by atoms with Gasteiger partial charge in [0, 0.05) is 20.2 Å². The predicted molar refractivity (Wildman–Crippen MR) is 80.8 cm³/mol. The van der Waals surface area contributed by atoms with E-state index in [9.17, 15) is 4.79 Å². The van der Waals surface area contributed by atoms with Gasteiger partial charge in [0.05, 0.1) is 25.7 Å². The van der Waals surface area contributed by atoms with Crippen LogP contribution >= 0.6 is 0 Å². The summed E-state index contributed by atoms with van der Waals surface area (Å²) in [5.74, 6) is -0.226. The highest BCUT2D eigenvalue weighted by molar-refractivity contribution is 5.86. The van der Waals surface area contributed by atoms with Crippen molar-refractivity contribution in [2.45, 2.75) is 6.92 Å². The molecule has 0 fully saturated rings. The van der Waals surface area contributed by atoms with Crippen LogP contribution < -0.4 is 4.74 Å². The topological polar surface area (TPSA) is 71.4 Å². The summed E-state index contributed by atoms with van der Waals surface area (Å²) in [7, 11) is 4.99. The summed E-state index contributed by atoms with van der Waals surface area (Å²) in [6, 6.07) is 5.39. The molecule has 114 valence electrons. The summed E-state index contributed by atoms with van der Waals surface area (Å²) in [5, 5.41) is 8.94. The number of rotatable bonds is 6. The van der Waals surface area contributed by atoms with Crippen LogP contribution in [0.5, 0.6) is 5.75 Å². The monoisotopic (exact) mass is 292 g/mol. The van der Waals surface area contributed by atoms with E-state index in [1.807, 2.05) is 38.1 Å². The number of methoxy groups -OCH3 is 1. The number of aliphatic hydroxyl groups is 1. The number of esters is 1. The number of aliphatic hydroxyl groups excluding tert-OH is 1. The van der Waals surface area contributed by atoms with Crippen molar-refractivity contribution < 1.29 is 19.4 Å². The Kier molecular flexibility index (Phi) is 6.42. The van der Waals surface area contributed by atoms with Crippen molar-refractivity contribution in [1.82, 2.24) is 4.90 Å². The molecule has 0 spiro atoms. The van der Waals surface area contributed by atoms with Crippen molar-refractivity contribution in [3.05, 3.63) is 35.6 Å². The molecule has 0 heterocycles. The van der Waals surface area contributed by atoms with Crippen LogP contribution in [0.1, 0.15) is 5.56 Å². The second-order valence-electron chi connectivity index (χ2n) is 4.50. The van der Waals surface area contributed by atoms with Crippen molar-refractivity contribution in [2.75, 3.05) is 27.8 Å². The van der Waals surface area contributed by atoms with Crippen molar-refractivity contribution in [2.24, 2.45) is 4.99 Å². The lowest BCUT2D eigenvalue weighted by atomic mass is 10.2. The molecule has 6 heteroatoms. The van der Waals surface area contributed by atoms with Gasteiger partial charge in [0.2, 0.25) is 5.76 Å². The van der Waals surface area contributed by atoms with E-state index in [1.54, 1.807) is 12.4 Å². The summed E-state index contributed by atoms with van der Waals surface area (Å²) < 4.78 is 10.1. The zero-order valence-corrected chi connectivity index (χ0v) is 12.7. The molecule has 0 radical (unpaired) electrons. The zero-order chi connectivity index (χ0) is 15.8. The quantitative estimate of drug-likeness (QED) is 0.284. The van der Waals surface area contributed by atoms with Gasteiger partial charge in [0.25, 0.3) is 0 Å².